The van der Waals surface area contributed by atoms with E-state index in [9.17, 15) is 9.59 Å². The van der Waals surface area contributed by atoms with Gasteiger partial charge in [-0.05, 0) is 90.3 Å². The highest BCUT2D eigenvalue weighted by Crippen LogP contribution is 2.43. The number of benzene rings is 8. The Labute approximate surface area is 278 Å². The van der Waals surface area contributed by atoms with Crippen LogP contribution in [0.2, 0.25) is 0 Å². The molecule has 9 rings (SSSR count). The van der Waals surface area contributed by atoms with E-state index in [1.807, 2.05) is 97.1 Å². The minimum atomic E-state index is -0.128. The highest BCUT2D eigenvalue weighted by Gasteiger charge is 2.32. The molecule has 0 bridgehead atoms. The summed E-state index contributed by atoms with van der Waals surface area (Å²) in [6, 6.07) is 57.2. The Morgan fingerprint density at radius 2 is 0.438 bits per heavy atom. The van der Waals surface area contributed by atoms with E-state index in [0.717, 1.165) is 66.1 Å². The van der Waals surface area contributed by atoms with E-state index in [1.54, 1.807) is 0 Å². The molecule has 0 atom stereocenters. The monoisotopic (exact) mass is 612 g/mol. The molecule has 8 aromatic rings. The smallest absolute Gasteiger partial charge is 0.194 e. The number of carbonyl (C=O) groups is 2. The van der Waals surface area contributed by atoms with Gasteiger partial charge in [0.15, 0.2) is 11.6 Å². The molecule has 2 heteroatoms. The highest BCUT2D eigenvalue weighted by atomic mass is 16.1. The molecule has 0 radical (unpaired) electrons. The van der Waals surface area contributed by atoms with Crippen LogP contribution >= 0.6 is 0 Å². The molecule has 0 heterocycles. The van der Waals surface area contributed by atoms with E-state index in [1.165, 1.54) is 0 Å². The maximum Gasteiger partial charge on any atom is 0.194 e. The molecule has 0 spiro atoms. The molecule has 2 nitrogen and oxygen atoms in total. The lowest BCUT2D eigenvalue weighted by atomic mass is 9.79. The second-order valence-electron chi connectivity index (χ2n) is 12.3. The fourth-order valence-corrected chi connectivity index (χ4v) is 7.30. The van der Waals surface area contributed by atoms with Crippen LogP contribution < -0.4 is 0 Å². The van der Waals surface area contributed by atoms with Crippen molar-refractivity contribution in [1.82, 2.24) is 0 Å². The van der Waals surface area contributed by atoms with Crippen molar-refractivity contribution < 1.29 is 9.59 Å². The number of hydrogen-bond acceptors (Lipinski definition) is 2. The van der Waals surface area contributed by atoms with Gasteiger partial charge in [0.2, 0.25) is 0 Å². The van der Waals surface area contributed by atoms with E-state index in [-0.39, 0.29) is 11.6 Å². The Balaban J connectivity index is 1.32. The molecule has 1 aliphatic rings. The summed E-state index contributed by atoms with van der Waals surface area (Å²) in [6.07, 6.45) is 0. The molecule has 0 saturated heterocycles. The molecule has 0 aromatic heterocycles. The van der Waals surface area contributed by atoms with E-state index in [0.29, 0.717) is 22.3 Å². The Morgan fingerprint density at radius 1 is 0.229 bits per heavy atom. The average Bonchev–Trinajstić information content (AvgIpc) is 3.16. The number of rotatable bonds is 4. The lowest BCUT2D eigenvalue weighted by Gasteiger charge is -2.22. The third-order valence-corrected chi connectivity index (χ3v) is 9.63. The lowest BCUT2D eigenvalue weighted by molar-refractivity contribution is 0.0979. The molecule has 0 fully saturated rings. The summed E-state index contributed by atoms with van der Waals surface area (Å²) in [6.45, 7) is 0. The van der Waals surface area contributed by atoms with E-state index in [4.69, 9.17) is 0 Å². The number of carbonyl (C=O) groups excluding carboxylic acids is 2. The Morgan fingerprint density at radius 3 is 0.646 bits per heavy atom. The molecule has 8 aromatic carbocycles. The number of fused-ring (bicyclic) bond motifs is 4. The second kappa shape index (κ2) is 11.2. The van der Waals surface area contributed by atoms with Crippen LogP contribution in [-0.2, 0) is 0 Å². The zero-order valence-electron chi connectivity index (χ0n) is 26.0. The van der Waals surface area contributed by atoms with Crippen molar-refractivity contribution in [3.63, 3.8) is 0 Å². The van der Waals surface area contributed by atoms with Crippen LogP contribution in [0.4, 0.5) is 0 Å². The van der Waals surface area contributed by atoms with Crippen molar-refractivity contribution >= 4 is 33.1 Å². The molecule has 0 saturated carbocycles. The van der Waals surface area contributed by atoms with Gasteiger partial charge in [0.1, 0.15) is 0 Å². The normalized spacial score (nSPS) is 12.2. The van der Waals surface area contributed by atoms with Gasteiger partial charge in [-0.1, -0.05) is 146 Å². The lowest BCUT2D eigenvalue weighted by Crippen LogP contribution is -2.21. The van der Waals surface area contributed by atoms with E-state index < -0.39 is 0 Å². The maximum absolute atomic E-state index is 14.6. The molecule has 1 aliphatic carbocycles. The minimum absolute atomic E-state index is 0.128. The van der Waals surface area contributed by atoms with Crippen LogP contribution in [0, 0.1) is 0 Å². The van der Waals surface area contributed by atoms with Gasteiger partial charge >= 0.3 is 0 Å². The van der Waals surface area contributed by atoms with Crippen LogP contribution in [0.15, 0.2) is 170 Å². The fourth-order valence-electron chi connectivity index (χ4n) is 7.30. The van der Waals surface area contributed by atoms with Gasteiger partial charge in [-0.3, -0.25) is 9.59 Å². The summed E-state index contributed by atoms with van der Waals surface area (Å²) >= 11 is 0. The standard InChI is InChI=1S/C46H28O2/c47-45-41-25-37-33(29-13-5-1-6-14-29)21-22-34(30-15-7-2-8-16-30)38(37)26-42(41)46(48)44-28-40-36(32-19-11-4-12-20-32)24-23-35(39(40)27-43(44)45)31-17-9-3-10-18-31/h1-28H. The first-order chi connectivity index (χ1) is 23.7. The maximum atomic E-state index is 14.6. The molecular formula is C46H28O2. The summed E-state index contributed by atoms with van der Waals surface area (Å²) in [5.41, 5.74) is 10.1. The van der Waals surface area contributed by atoms with Crippen molar-refractivity contribution in [2.24, 2.45) is 0 Å². The second-order valence-corrected chi connectivity index (χ2v) is 12.3. The van der Waals surface area contributed by atoms with Crippen LogP contribution in [0.5, 0.6) is 0 Å². The SMILES string of the molecule is O=C1c2cc3c(-c4ccccc4)ccc(-c4ccccc4)c3cc2C(=O)c2cc3c(-c4ccccc4)ccc(-c4ccccc4)c3cc21. The van der Waals surface area contributed by atoms with Gasteiger partial charge in [-0.25, -0.2) is 0 Å². The van der Waals surface area contributed by atoms with Gasteiger partial charge in [0, 0.05) is 22.3 Å². The van der Waals surface area contributed by atoms with Crippen molar-refractivity contribution in [1.29, 1.82) is 0 Å². The third kappa shape index (κ3) is 4.42. The van der Waals surface area contributed by atoms with Gasteiger partial charge in [-0.2, -0.15) is 0 Å². The Hall–Kier alpha value is -6.38. The minimum Gasteiger partial charge on any atom is -0.289 e. The number of ketones is 2. The summed E-state index contributed by atoms with van der Waals surface area (Å²) in [5.74, 6) is -0.256. The zero-order valence-corrected chi connectivity index (χ0v) is 26.0. The first-order valence-corrected chi connectivity index (χ1v) is 16.2. The summed E-state index contributed by atoms with van der Waals surface area (Å²) < 4.78 is 0. The quantitative estimate of drug-likeness (QED) is 0.198. The van der Waals surface area contributed by atoms with Gasteiger partial charge < -0.3 is 0 Å². The highest BCUT2D eigenvalue weighted by molar-refractivity contribution is 6.32. The topological polar surface area (TPSA) is 34.1 Å². The average molecular weight is 613 g/mol. The van der Waals surface area contributed by atoms with Crippen molar-refractivity contribution in [3.05, 3.63) is 192 Å². The zero-order chi connectivity index (χ0) is 32.2. The summed E-state index contributed by atoms with van der Waals surface area (Å²) in [7, 11) is 0. The summed E-state index contributed by atoms with van der Waals surface area (Å²) in [4.78, 5) is 29.2. The van der Waals surface area contributed by atoms with Gasteiger partial charge in [0.05, 0.1) is 0 Å². The van der Waals surface area contributed by atoms with Crippen molar-refractivity contribution in [2.45, 2.75) is 0 Å². The van der Waals surface area contributed by atoms with Crippen LogP contribution in [0.3, 0.4) is 0 Å². The van der Waals surface area contributed by atoms with E-state index >= 15 is 0 Å². The predicted octanol–water partition coefficient (Wildman–Crippen LogP) is 11.4. The number of hydrogen-bond donors (Lipinski definition) is 0. The Bertz CT molecular complexity index is 2190. The molecule has 0 amide bonds. The Kier molecular flexibility index (Phi) is 6.48. The molecule has 48 heavy (non-hydrogen) atoms. The first-order valence-electron chi connectivity index (χ1n) is 16.2. The van der Waals surface area contributed by atoms with Crippen molar-refractivity contribution in [2.75, 3.05) is 0 Å². The molecule has 0 unspecified atom stereocenters. The fraction of sp³-hybridized carbons (Fsp3) is 0. The molecule has 0 aliphatic heterocycles. The van der Waals surface area contributed by atoms with Crippen LogP contribution in [0.25, 0.3) is 66.1 Å². The third-order valence-electron chi connectivity index (χ3n) is 9.63. The van der Waals surface area contributed by atoms with E-state index in [2.05, 4.69) is 72.8 Å². The molecule has 224 valence electrons. The molecular weight excluding hydrogens is 585 g/mol. The van der Waals surface area contributed by atoms with Crippen LogP contribution in [-0.4, -0.2) is 11.6 Å². The van der Waals surface area contributed by atoms with Gasteiger partial charge in [-0.15, -0.1) is 0 Å². The van der Waals surface area contributed by atoms with Crippen molar-refractivity contribution in [3.8, 4) is 44.5 Å². The van der Waals surface area contributed by atoms with Gasteiger partial charge in [0.25, 0.3) is 0 Å². The largest absolute Gasteiger partial charge is 0.289 e. The first kappa shape index (κ1) is 27.9. The molecule has 0 N–H and O–H groups in total. The predicted molar refractivity (Wildman–Crippen MR) is 197 cm³/mol. The van der Waals surface area contributed by atoms with Crippen LogP contribution in [0.1, 0.15) is 31.8 Å². The summed E-state index contributed by atoms with van der Waals surface area (Å²) in [5, 5.41) is 3.79.